The maximum absolute atomic E-state index is 13.9. The Kier molecular flexibility index (Phi) is 5.27. The minimum atomic E-state index is -2.62. The third-order valence-electron chi connectivity index (χ3n) is 4.25. The highest BCUT2D eigenvalue weighted by Crippen LogP contribution is 2.35. The van der Waals surface area contributed by atoms with Crippen LogP contribution in [0.3, 0.4) is 0 Å². The second-order valence-electron chi connectivity index (χ2n) is 6.33. The molecule has 0 fully saturated rings. The monoisotopic (exact) mass is 312 g/mol. The second kappa shape index (κ2) is 6.82. The molecule has 22 heavy (non-hydrogen) atoms. The van der Waals surface area contributed by atoms with Crippen molar-refractivity contribution in [1.82, 2.24) is 10.3 Å². The summed E-state index contributed by atoms with van der Waals surface area (Å²) in [5, 5.41) is 3.24. The van der Waals surface area contributed by atoms with Crippen LogP contribution in [0.15, 0.2) is 18.2 Å². The Balaban J connectivity index is 2.12. The summed E-state index contributed by atoms with van der Waals surface area (Å²) in [4.78, 5) is 4.32. The van der Waals surface area contributed by atoms with Crippen LogP contribution in [0.2, 0.25) is 0 Å². The molecule has 0 aromatic carbocycles. The topological polar surface area (TPSA) is 24.9 Å². The summed E-state index contributed by atoms with van der Waals surface area (Å²) in [6.07, 6.45) is 1.37. The van der Waals surface area contributed by atoms with Gasteiger partial charge in [-0.05, 0) is 37.0 Å². The van der Waals surface area contributed by atoms with E-state index in [1.807, 2.05) is 6.92 Å². The van der Waals surface area contributed by atoms with Crippen molar-refractivity contribution in [1.29, 1.82) is 0 Å². The minimum absolute atomic E-state index is 0.171. The molecule has 1 N–H and O–H groups in total. The zero-order chi connectivity index (χ0) is 16.3. The maximum atomic E-state index is 13.9. The number of hydrogen-bond donors (Lipinski definition) is 1. The lowest BCUT2D eigenvalue weighted by atomic mass is 9.94. The van der Waals surface area contributed by atoms with E-state index in [2.05, 4.69) is 24.1 Å². The number of alkyl halides is 2. The molecule has 0 amide bonds. The Labute approximate surface area is 129 Å². The van der Waals surface area contributed by atoms with Crippen LogP contribution in [0.5, 0.6) is 0 Å². The molecule has 122 valence electrons. The van der Waals surface area contributed by atoms with Crippen LogP contribution in [-0.4, -0.2) is 16.9 Å². The molecular weight excluding hydrogens is 289 g/mol. The van der Waals surface area contributed by atoms with E-state index in [4.69, 9.17) is 0 Å². The van der Waals surface area contributed by atoms with Crippen molar-refractivity contribution in [3.8, 4) is 0 Å². The number of nitrogens with zero attached hydrogens (tertiary/aromatic N) is 1. The summed E-state index contributed by atoms with van der Waals surface area (Å²) in [5.41, 5.74) is 1.72. The Bertz CT molecular complexity index is 553. The predicted octanol–water partition coefficient (Wildman–Crippen LogP) is 4.56. The van der Waals surface area contributed by atoms with Crippen LogP contribution < -0.4 is 5.32 Å². The van der Waals surface area contributed by atoms with E-state index >= 15 is 0 Å². The van der Waals surface area contributed by atoms with Crippen molar-refractivity contribution in [2.45, 2.75) is 58.5 Å². The molecule has 0 saturated carbocycles. The van der Waals surface area contributed by atoms with Gasteiger partial charge in [-0.1, -0.05) is 19.9 Å². The number of nitrogens with one attached hydrogen (secondary N) is 1. The van der Waals surface area contributed by atoms with E-state index in [1.165, 1.54) is 12.1 Å². The van der Waals surface area contributed by atoms with Gasteiger partial charge < -0.3 is 5.32 Å². The molecule has 1 aromatic heterocycles. The number of allylic oxidation sites excluding steroid dienone is 2. The summed E-state index contributed by atoms with van der Waals surface area (Å²) in [6.45, 7) is 6.55. The third kappa shape index (κ3) is 4.32. The molecule has 0 bridgehead atoms. The van der Waals surface area contributed by atoms with E-state index in [0.717, 1.165) is 5.57 Å². The van der Waals surface area contributed by atoms with Gasteiger partial charge in [0.2, 0.25) is 0 Å². The average molecular weight is 312 g/mol. The molecular formula is C17H23F3N2. The van der Waals surface area contributed by atoms with Crippen molar-refractivity contribution in [3.63, 3.8) is 0 Å². The predicted molar refractivity (Wildman–Crippen MR) is 82.1 cm³/mol. The van der Waals surface area contributed by atoms with Gasteiger partial charge in [-0.15, -0.1) is 0 Å². The fourth-order valence-electron chi connectivity index (χ4n) is 2.31. The fraction of sp³-hybridized carbons (Fsp3) is 0.588. The summed E-state index contributed by atoms with van der Waals surface area (Å²) in [7, 11) is 0. The van der Waals surface area contributed by atoms with Crippen molar-refractivity contribution < 1.29 is 13.2 Å². The largest absolute Gasteiger partial charge is 0.308 e. The van der Waals surface area contributed by atoms with Crippen LogP contribution in [0.25, 0.3) is 5.57 Å². The van der Waals surface area contributed by atoms with E-state index in [1.54, 1.807) is 6.07 Å². The van der Waals surface area contributed by atoms with E-state index in [-0.39, 0.29) is 31.1 Å². The fourth-order valence-corrected chi connectivity index (χ4v) is 2.31. The smallest absolute Gasteiger partial charge is 0.251 e. The normalized spacial score (nSPS) is 19.1. The number of rotatable bonds is 5. The summed E-state index contributed by atoms with van der Waals surface area (Å²) in [5.74, 6) is -2.55. The molecule has 1 aliphatic rings. The molecule has 2 nitrogen and oxygen atoms in total. The van der Waals surface area contributed by atoms with Crippen LogP contribution in [0, 0.1) is 11.7 Å². The molecule has 1 aliphatic carbocycles. The molecule has 0 spiro atoms. The first-order chi connectivity index (χ1) is 10.3. The first kappa shape index (κ1) is 17.0. The van der Waals surface area contributed by atoms with Gasteiger partial charge in [0, 0.05) is 25.4 Å². The molecule has 0 unspecified atom stereocenters. The van der Waals surface area contributed by atoms with Crippen molar-refractivity contribution >= 4 is 5.57 Å². The first-order valence-electron chi connectivity index (χ1n) is 7.74. The quantitative estimate of drug-likeness (QED) is 0.862. The molecule has 0 saturated heterocycles. The molecule has 0 radical (unpaired) electrons. The van der Waals surface area contributed by atoms with Crippen LogP contribution >= 0.6 is 0 Å². The third-order valence-corrected chi connectivity index (χ3v) is 4.25. The number of hydrogen-bond acceptors (Lipinski definition) is 2. The molecule has 2 rings (SSSR count). The molecule has 5 heteroatoms. The standard InChI is InChI=1S/C17H23F3N2/c1-11(2)12(3)21-10-16-14(18)4-5-15(22-16)13-6-8-17(19,20)9-7-13/h4-6,11-12,21H,7-10H2,1-3H3/t12-/m1/s1. The maximum Gasteiger partial charge on any atom is 0.251 e. The Morgan fingerprint density at radius 3 is 2.59 bits per heavy atom. The lowest BCUT2D eigenvalue weighted by Gasteiger charge is -2.21. The van der Waals surface area contributed by atoms with E-state index in [0.29, 0.717) is 23.9 Å². The highest BCUT2D eigenvalue weighted by molar-refractivity contribution is 5.63. The van der Waals surface area contributed by atoms with Gasteiger partial charge in [-0.2, -0.15) is 0 Å². The van der Waals surface area contributed by atoms with Gasteiger partial charge in [0.05, 0.1) is 11.4 Å². The molecule has 1 heterocycles. The minimum Gasteiger partial charge on any atom is -0.308 e. The molecule has 1 atom stereocenters. The van der Waals surface area contributed by atoms with Crippen LogP contribution in [-0.2, 0) is 6.54 Å². The highest BCUT2D eigenvalue weighted by atomic mass is 19.3. The SMILES string of the molecule is CC(C)[C@@H](C)NCc1nc(C2=CCC(F)(F)CC2)ccc1F. The zero-order valence-electron chi connectivity index (χ0n) is 13.3. The van der Waals surface area contributed by atoms with Gasteiger partial charge in [0.15, 0.2) is 0 Å². The zero-order valence-corrected chi connectivity index (χ0v) is 13.3. The molecule has 1 aromatic rings. The first-order valence-corrected chi connectivity index (χ1v) is 7.74. The number of halogens is 3. The van der Waals surface area contributed by atoms with Gasteiger partial charge in [-0.3, -0.25) is 0 Å². The van der Waals surface area contributed by atoms with Gasteiger partial charge in [0.25, 0.3) is 5.92 Å². The second-order valence-corrected chi connectivity index (χ2v) is 6.33. The highest BCUT2D eigenvalue weighted by Gasteiger charge is 2.31. The Morgan fingerprint density at radius 1 is 1.27 bits per heavy atom. The number of aromatic nitrogens is 1. The van der Waals surface area contributed by atoms with Crippen molar-refractivity contribution in [2.75, 3.05) is 0 Å². The molecule has 0 aliphatic heterocycles. The van der Waals surface area contributed by atoms with Crippen molar-refractivity contribution in [2.24, 2.45) is 5.92 Å². The van der Waals surface area contributed by atoms with Gasteiger partial charge in [0.1, 0.15) is 5.82 Å². The van der Waals surface area contributed by atoms with E-state index < -0.39 is 5.92 Å². The summed E-state index contributed by atoms with van der Waals surface area (Å²) >= 11 is 0. The van der Waals surface area contributed by atoms with Crippen molar-refractivity contribution in [3.05, 3.63) is 35.4 Å². The lowest BCUT2D eigenvalue weighted by Crippen LogP contribution is -2.31. The summed E-state index contributed by atoms with van der Waals surface area (Å²) in [6, 6.07) is 3.19. The van der Waals surface area contributed by atoms with E-state index in [9.17, 15) is 13.2 Å². The van der Waals surface area contributed by atoms with Crippen LogP contribution in [0.1, 0.15) is 51.4 Å². The Morgan fingerprint density at radius 2 is 2.00 bits per heavy atom. The summed E-state index contributed by atoms with van der Waals surface area (Å²) < 4.78 is 40.2. The average Bonchev–Trinajstić information content (AvgIpc) is 2.46. The van der Waals surface area contributed by atoms with Gasteiger partial charge >= 0.3 is 0 Å². The van der Waals surface area contributed by atoms with Crippen LogP contribution in [0.4, 0.5) is 13.2 Å². The van der Waals surface area contributed by atoms with Gasteiger partial charge in [-0.25, -0.2) is 18.2 Å². The lowest BCUT2D eigenvalue weighted by molar-refractivity contribution is -0.00605. The number of pyridine rings is 1. The Hall–Kier alpha value is -1.36.